The third kappa shape index (κ3) is 2.25. The van der Waals surface area contributed by atoms with Gasteiger partial charge in [0.1, 0.15) is 5.69 Å². The summed E-state index contributed by atoms with van der Waals surface area (Å²) in [6.07, 6.45) is 5.17. The maximum absolute atomic E-state index is 12.9. The Hall–Kier alpha value is -2.74. The Morgan fingerprint density at radius 1 is 1.33 bits per heavy atom. The molecule has 1 unspecified atom stereocenters. The molecule has 4 aliphatic rings. The van der Waals surface area contributed by atoms with E-state index in [9.17, 15) is 4.79 Å². The fourth-order valence-corrected chi connectivity index (χ4v) is 5.79. The summed E-state index contributed by atoms with van der Waals surface area (Å²) in [6, 6.07) is 1.96. The van der Waals surface area contributed by atoms with Crippen molar-refractivity contribution in [2.24, 2.45) is 29.1 Å². The van der Waals surface area contributed by atoms with Gasteiger partial charge in [0, 0.05) is 24.2 Å². The van der Waals surface area contributed by atoms with Crippen molar-refractivity contribution in [2.45, 2.75) is 26.2 Å². The Kier molecular flexibility index (Phi) is 3.11. The van der Waals surface area contributed by atoms with Crippen molar-refractivity contribution in [1.29, 1.82) is 0 Å². The number of pyridine rings is 1. The monoisotopic (exact) mass is 404 g/mol. The van der Waals surface area contributed by atoms with Crippen LogP contribution in [0.5, 0.6) is 0 Å². The first-order valence-corrected chi connectivity index (χ1v) is 10.8. The molecule has 7 rings (SSSR count). The van der Waals surface area contributed by atoms with E-state index in [4.69, 9.17) is 4.74 Å². The van der Waals surface area contributed by atoms with Crippen molar-refractivity contribution < 1.29 is 9.53 Å². The fourth-order valence-electron chi connectivity index (χ4n) is 5.79. The lowest BCUT2D eigenvalue weighted by Crippen LogP contribution is -2.30. The van der Waals surface area contributed by atoms with Crippen molar-refractivity contribution in [1.82, 2.24) is 25.1 Å². The van der Waals surface area contributed by atoms with E-state index >= 15 is 0 Å². The van der Waals surface area contributed by atoms with Crippen molar-refractivity contribution in [3.8, 4) is 11.5 Å². The highest BCUT2D eigenvalue weighted by Gasteiger charge is 2.58. The molecule has 3 aromatic rings. The van der Waals surface area contributed by atoms with Gasteiger partial charge in [0.15, 0.2) is 11.5 Å². The third-order valence-corrected chi connectivity index (χ3v) is 8.02. The molecule has 2 N–H and O–H groups in total. The highest BCUT2D eigenvalue weighted by Crippen LogP contribution is 2.59. The van der Waals surface area contributed by atoms with Crippen LogP contribution in [-0.2, 0) is 22.4 Å². The molecule has 8 heteroatoms. The molecular weight excluding hydrogens is 380 g/mol. The SMILES string of the molecule is CN(C(=O)C1[C@H]2COC[C@@H]12)c1cnc2nc(-c3n[nH]c4c3C[C@@H]3C[C@]3(C)C4)[nH]c2c1. The highest BCUT2D eigenvalue weighted by atomic mass is 16.5. The molecule has 3 aliphatic carbocycles. The number of rotatable bonds is 3. The van der Waals surface area contributed by atoms with E-state index < -0.39 is 0 Å². The number of nitrogens with zero attached hydrogens (tertiary/aromatic N) is 4. The predicted molar refractivity (Wildman–Crippen MR) is 110 cm³/mol. The molecular formula is C22H24N6O2. The summed E-state index contributed by atoms with van der Waals surface area (Å²) >= 11 is 0. The number of anilines is 1. The minimum Gasteiger partial charge on any atom is -0.381 e. The van der Waals surface area contributed by atoms with Gasteiger partial charge in [-0.2, -0.15) is 5.10 Å². The number of H-pyrrole nitrogens is 2. The van der Waals surface area contributed by atoms with Gasteiger partial charge in [-0.1, -0.05) is 6.92 Å². The Bertz CT molecular complexity index is 1200. The molecule has 154 valence electrons. The van der Waals surface area contributed by atoms with Gasteiger partial charge in [-0.25, -0.2) is 9.97 Å². The van der Waals surface area contributed by atoms with Crippen LogP contribution in [-0.4, -0.2) is 51.3 Å². The molecule has 2 saturated carbocycles. The van der Waals surface area contributed by atoms with Crippen LogP contribution >= 0.6 is 0 Å². The van der Waals surface area contributed by atoms with Gasteiger partial charge in [0.25, 0.3) is 0 Å². The number of imidazole rings is 1. The van der Waals surface area contributed by atoms with Gasteiger partial charge in [-0.15, -0.1) is 0 Å². The lowest BCUT2D eigenvalue weighted by atomic mass is 9.88. The molecule has 30 heavy (non-hydrogen) atoms. The topological polar surface area (TPSA) is 99.8 Å². The Balaban J connectivity index is 1.19. The second kappa shape index (κ2) is 5.49. The quantitative estimate of drug-likeness (QED) is 0.698. The lowest BCUT2D eigenvalue weighted by Gasteiger charge is -2.18. The standard InChI is InChI=1S/C22H24N6O2/c1-22-5-10(22)3-12-16(6-22)26-27-18(12)20-24-15-4-11(7-23-19(15)25-20)28(2)21(29)17-13-8-30-9-14(13)17/h4,7,10,13-14,17H,3,5-6,8-9H2,1-2H3,(H,26,27)(H,23,24,25)/t10-,13-,14+,17?,22-/m1/s1. The van der Waals surface area contributed by atoms with Gasteiger partial charge in [-0.3, -0.25) is 9.89 Å². The number of carbonyl (C=O) groups is 1. The normalized spacial score (nSPS) is 33.1. The summed E-state index contributed by atoms with van der Waals surface area (Å²) in [5.41, 5.74) is 6.17. The van der Waals surface area contributed by atoms with E-state index in [1.54, 1.807) is 11.1 Å². The maximum Gasteiger partial charge on any atom is 0.230 e. The van der Waals surface area contributed by atoms with Crippen LogP contribution in [0.15, 0.2) is 12.3 Å². The number of amides is 1. The van der Waals surface area contributed by atoms with E-state index in [1.165, 1.54) is 17.7 Å². The second-order valence-electron chi connectivity index (χ2n) is 9.90. The van der Waals surface area contributed by atoms with Crippen LogP contribution in [0.2, 0.25) is 0 Å². The molecule has 0 spiro atoms. The van der Waals surface area contributed by atoms with E-state index in [1.807, 2.05) is 13.1 Å². The number of fused-ring (bicyclic) bond motifs is 4. The largest absolute Gasteiger partial charge is 0.381 e. The molecule has 8 nitrogen and oxygen atoms in total. The zero-order valence-corrected chi connectivity index (χ0v) is 17.1. The van der Waals surface area contributed by atoms with Crippen molar-refractivity contribution in [3.05, 3.63) is 23.5 Å². The number of carbonyl (C=O) groups excluding carboxylic acids is 1. The molecule has 0 radical (unpaired) electrons. The summed E-state index contributed by atoms with van der Waals surface area (Å²) in [7, 11) is 1.83. The number of ether oxygens (including phenoxy) is 1. The summed E-state index contributed by atoms with van der Waals surface area (Å²) in [5, 5.41) is 7.82. The molecule has 5 atom stereocenters. The van der Waals surface area contributed by atoms with Gasteiger partial charge in [0.05, 0.1) is 30.6 Å². The van der Waals surface area contributed by atoms with E-state index in [0.717, 1.165) is 41.5 Å². The zero-order chi connectivity index (χ0) is 20.2. The summed E-state index contributed by atoms with van der Waals surface area (Å²) < 4.78 is 5.42. The number of hydrogen-bond acceptors (Lipinski definition) is 5. The summed E-state index contributed by atoms with van der Waals surface area (Å²) in [5.74, 6) is 2.56. The number of nitrogens with one attached hydrogen (secondary N) is 2. The smallest absolute Gasteiger partial charge is 0.230 e. The molecule has 1 saturated heterocycles. The van der Waals surface area contributed by atoms with E-state index in [2.05, 4.69) is 32.1 Å². The first-order chi connectivity index (χ1) is 14.5. The molecule has 1 amide bonds. The lowest BCUT2D eigenvalue weighted by molar-refractivity contribution is -0.120. The second-order valence-corrected chi connectivity index (χ2v) is 9.90. The first-order valence-electron chi connectivity index (χ1n) is 10.8. The Morgan fingerprint density at radius 2 is 2.17 bits per heavy atom. The Morgan fingerprint density at radius 3 is 3.00 bits per heavy atom. The summed E-state index contributed by atoms with van der Waals surface area (Å²) in [6.45, 7) is 3.79. The number of hydrogen-bond donors (Lipinski definition) is 2. The average Bonchev–Trinajstić information content (AvgIpc) is 3.30. The molecule has 3 fully saturated rings. The first kappa shape index (κ1) is 17.0. The van der Waals surface area contributed by atoms with E-state index in [0.29, 0.717) is 36.1 Å². The maximum atomic E-state index is 12.9. The zero-order valence-electron chi connectivity index (χ0n) is 17.1. The minimum atomic E-state index is 0.0977. The van der Waals surface area contributed by atoms with Crippen molar-refractivity contribution in [3.63, 3.8) is 0 Å². The molecule has 0 bridgehead atoms. The van der Waals surface area contributed by atoms with Gasteiger partial charge in [0.2, 0.25) is 5.91 Å². The van der Waals surface area contributed by atoms with E-state index in [-0.39, 0.29) is 11.8 Å². The van der Waals surface area contributed by atoms with Crippen molar-refractivity contribution >= 4 is 22.8 Å². The van der Waals surface area contributed by atoms with Crippen molar-refractivity contribution in [2.75, 3.05) is 25.2 Å². The van der Waals surface area contributed by atoms with Crippen LogP contribution in [0.4, 0.5) is 5.69 Å². The number of aromatic nitrogens is 5. The minimum absolute atomic E-state index is 0.0977. The number of aromatic amines is 2. The Labute approximate surface area is 173 Å². The fraction of sp³-hybridized carbons (Fsp3) is 0.545. The van der Waals surface area contributed by atoms with Crippen LogP contribution in [0.1, 0.15) is 24.6 Å². The van der Waals surface area contributed by atoms with Crippen LogP contribution in [0, 0.1) is 29.1 Å². The molecule has 0 aromatic carbocycles. The molecule has 4 heterocycles. The average molecular weight is 404 g/mol. The van der Waals surface area contributed by atoms with Gasteiger partial charge >= 0.3 is 0 Å². The van der Waals surface area contributed by atoms with Crippen LogP contribution < -0.4 is 4.90 Å². The van der Waals surface area contributed by atoms with Gasteiger partial charge in [-0.05, 0) is 48.5 Å². The summed E-state index contributed by atoms with van der Waals surface area (Å²) in [4.78, 5) is 27.2. The van der Waals surface area contributed by atoms with Crippen LogP contribution in [0.3, 0.4) is 0 Å². The highest BCUT2D eigenvalue weighted by molar-refractivity contribution is 5.98. The predicted octanol–water partition coefficient (Wildman–Crippen LogP) is 2.33. The molecule has 3 aromatic heterocycles. The molecule has 1 aliphatic heterocycles. The van der Waals surface area contributed by atoms with Gasteiger partial charge < -0.3 is 14.6 Å². The van der Waals surface area contributed by atoms with Crippen LogP contribution in [0.25, 0.3) is 22.7 Å². The third-order valence-electron chi connectivity index (χ3n) is 8.02.